The highest BCUT2D eigenvalue weighted by molar-refractivity contribution is 5.97. The van der Waals surface area contributed by atoms with Gasteiger partial charge in [-0.3, -0.25) is 9.59 Å². The van der Waals surface area contributed by atoms with Crippen LogP contribution in [0.15, 0.2) is 60.7 Å². The molecule has 0 heterocycles. The van der Waals surface area contributed by atoms with Crippen LogP contribution in [0.3, 0.4) is 0 Å². The molecule has 0 fully saturated rings. The number of hydrogen-bond acceptors (Lipinski definition) is 3. The standard InChI is InChI=1S/C21H26N2O3/c24-15-9-3-8-14-22-21(26)19(16-17-10-4-1-5-11-17)23-20(25)18-12-6-2-7-13-18/h1-2,4-7,10-13,19,24H,3,8-9,14-16H2,(H,22,26)(H,23,25)/t19-/m0/s1. The minimum Gasteiger partial charge on any atom is -0.396 e. The van der Waals surface area contributed by atoms with E-state index in [9.17, 15) is 9.59 Å². The van der Waals surface area contributed by atoms with Gasteiger partial charge in [-0.2, -0.15) is 0 Å². The van der Waals surface area contributed by atoms with E-state index in [4.69, 9.17) is 5.11 Å². The van der Waals surface area contributed by atoms with Gasteiger partial charge in [0, 0.05) is 25.1 Å². The fraction of sp³-hybridized carbons (Fsp3) is 0.333. The second-order valence-electron chi connectivity index (χ2n) is 6.16. The van der Waals surface area contributed by atoms with Gasteiger partial charge >= 0.3 is 0 Å². The Hall–Kier alpha value is -2.66. The third kappa shape index (κ3) is 6.69. The maximum absolute atomic E-state index is 12.6. The quantitative estimate of drug-likeness (QED) is 0.573. The van der Waals surface area contributed by atoms with Crippen molar-refractivity contribution in [2.45, 2.75) is 31.7 Å². The lowest BCUT2D eigenvalue weighted by Gasteiger charge is -2.19. The summed E-state index contributed by atoms with van der Waals surface area (Å²) in [4.78, 5) is 25.0. The number of benzene rings is 2. The number of carbonyl (C=O) groups excluding carboxylic acids is 2. The number of aliphatic hydroxyl groups is 1. The van der Waals surface area contributed by atoms with E-state index in [0.717, 1.165) is 24.8 Å². The highest BCUT2D eigenvalue weighted by Gasteiger charge is 2.21. The monoisotopic (exact) mass is 354 g/mol. The zero-order valence-corrected chi connectivity index (χ0v) is 14.9. The van der Waals surface area contributed by atoms with Crippen LogP contribution >= 0.6 is 0 Å². The van der Waals surface area contributed by atoms with Gasteiger partial charge in [-0.1, -0.05) is 48.5 Å². The molecule has 2 rings (SSSR count). The van der Waals surface area contributed by atoms with E-state index >= 15 is 0 Å². The van der Waals surface area contributed by atoms with Crippen molar-refractivity contribution in [3.63, 3.8) is 0 Å². The highest BCUT2D eigenvalue weighted by Crippen LogP contribution is 2.06. The van der Waals surface area contributed by atoms with E-state index in [-0.39, 0.29) is 18.4 Å². The Balaban J connectivity index is 1.98. The SMILES string of the molecule is O=C(N[C@@H](Cc1ccccc1)C(=O)NCCCCCO)c1ccccc1. The minimum absolute atomic E-state index is 0.164. The second kappa shape index (κ2) is 11.1. The molecule has 1 atom stereocenters. The predicted octanol–water partition coefficient (Wildman–Crippen LogP) is 2.31. The van der Waals surface area contributed by atoms with Gasteiger partial charge in [-0.15, -0.1) is 0 Å². The first kappa shape index (κ1) is 19.7. The summed E-state index contributed by atoms with van der Waals surface area (Å²) >= 11 is 0. The van der Waals surface area contributed by atoms with Gasteiger partial charge in [-0.25, -0.2) is 0 Å². The van der Waals surface area contributed by atoms with E-state index in [1.165, 1.54) is 0 Å². The van der Waals surface area contributed by atoms with Crippen LogP contribution in [0.2, 0.25) is 0 Å². The number of amides is 2. The first-order chi connectivity index (χ1) is 12.7. The third-order valence-electron chi connectivity index (χ3n) is 4.07. The summed E-state index contributed by atoms with van der Waals surface area (Å²) in [6.07, 6.45) is 2.82. The van der Waals surface area contributed by atoms with Crippen molar-refractivity contribution in [2.24, 2.45) is 0 Å². The lowest BCUT2D eigenvalue weighted by molar-refractivity contribution is -0.122. The highest BCUT2D eigenvalue weighted by atomic mass is 16.3. The molecule has 0 unspecified atom stereocenters. The summed E-state index contributed by atoms with van der Waals surface area (Å²) in [5.74, 6) is -0.455. The van der Waals surface area contributed by atoms with Crippen LogP contribution < -0.4 is 10.6 Å². The van der Waals surface area contributed by atoms with Crippen LogP contribution in [-0.2, 0) is 11.2 Å². The molecular formula is C21H26N2O3. The fourth-order valence-corrected chi connectivity index (χ4v) is 2.64. The van der Waals surface area contributed by atoms with Crippen molar-refractivity contribution in [3.05, 3.63) is 71.8 Å². The molecule has 2 aromatic carbocycles. The molecule has 0 bridgehead atoms. The molecule has 0 spiro atoms. The van der Waals surface area contributed by atoms with Gasteiger partial charge in [0.1, 0.15) is 6.04 Å². The lowest BCUT2D eigenvalue weighted by Crippen LogP contribution is -2.48. The van der Waals surface area contributed by atoms with Gasteiger partial charge in [0.05, 0.1) is 0 Å². The molecule has 0 aliphatic carbocycles. The predicted molar refractivity (Wildman–Crippen MR) is 102 cm³/mol. The topological polar surface area (TPSA) is 78.4 Å². The molecule has 3 N–H and O–H groups in total. The average molecular weight is 354 g/mol. The Morgan fingerprint density at radius 3 is 2.19 bits per heavy atom. The number of aliphatic hydroxyl groups excluding tert-OH is 1. The zero-order chi connectivity index (χ0) is 18.6. The summed E-state index contributed by atoms with van der Waals surface area (Å²) in [6.45, 7) is 0.697. The maximum Gasteiger partial charge on any atom is 0.251 e. The molecule has 2 amide bonds. The Morgan fingerprint density at radius 1 is 0.885 bits per heavy atom. The van der Waals surface area contributed by atoms with Gasteiger partial charge in [0.15, 0.2) is 0 Å². The zero-order valence-electron chi connectivity index (χ0n) is 14.9. The van der Waals surface area contributed by atoms with Crippen LogP contribution in [-0.4, -0.2) is 36.1 Å². The van der Waals surface area contributed by atoms with Crippen LogP contribution in [0.5, 0.6) is 0 Å². The average Bonchev–Trinajstić information content (AvgIpc) is 2.68. The Morgan fingerprint density at radius 2 is 1.54 bits per heavy atom. The molecule has 0 radical (unpaired) electrons. The maximum atomic E-state index is 12.6. The van der Waals surface area contributed by atoms with E-state index < -0.39 is 6.04 Å². The first-order valence-corrected chi connectivity index (χ1v) is 8.99. The third-order valence-corrected chi connectivity index (χ3v) is 4.07. The van der Waals surface area contributed by atoms with Gasteiger partial charge in [0.2, 0.25) is 5.91 Å². The van der Waals surface area contributed by atoms with E-state index in [1.807, 2.05) is 36.4 Å². The van der Waals surface area contributed by atoms with Crippen molar-refractivity contribution >= 4 is 11.8 Å². The molecule has 0 saturated carbocycles. The summed E-state index contributed by atoms with van der Waals surface area (Å²) in [5.41, 5.74) is 1.52. The second-order valence-corrected chi connectivity index (χ2v) is 6.16. The molecule has 0 aliphatic heterocycles. The summed E-state index contributed by atoms with van der Waals surface area (Å²) in [5, 5.41) is 14.5. The summed E-state index contributed by atoms with van der Waals surface area (Å²) in [7, 11) is 0. The summed E-state index contributed by atoms with van der Waals surface area (Å²) in [6, 6.07) is 17.9. The molecule has 5 heteroatoms. The van der Waals surface area contributed by atoms with Crippen LogP contribution in [0.4, 0.5) is 0 Å². The van der Waals surface area contributed by atoms with Crippen molar-refractivity contribution in [2.75, 3.05) is 13.2 Å². The van der Waals surface area contributed by atoms with E-state index in [0.29, 0.717) is 18.5 Å². The number of hydrogen-bond donors (Lipinski definition) is 3. The molecule has 0 aliphatic rings. The number of rotatable bonds is 10. The van der Waals surface area contributed by atoms with Crippen molar-refractivity contribution < 1.29 is 14.7 Å². The fourth-order valence-electron chi connectivity index (χ4n) is 2.64. The van der Waals surface area contributed by atoms with Crippen LogP contribution in [0.1, 0.15) is 35.2 Å². The Kier molecular flexibility index (Phi) is 8.36. The smallest absolute Gasteiger partial charge is 0.251 e. The largest absolute Gasteiger partial charge is 0.396 e. The van der Waals surface area contributed by atoms with Crippen molar-refractivity contribution in [1.82, 2.24) is 10.6 Å². The van der Waals surface area contributed by atoms with Crippen molar-refractivity contribution in [1.29, 1.82) is 0 Å². The normalized spacial score (nSPS) is 11.6. The molecular weight excluding hydrogens is 328 g/mol. The lowest BCUT2D eigenvalue weighted by atomic mass is 10.0. The number of nitrogens with one attached hydrogen (secondary N) is 2. The van der Waals surface area contributed by atoms with E-state index in [1.54, 1.807) is 24.3 Å². The van der Waals surface area contributed by atoms with Crippen molar-refractivity contribution in [3.8, 4) is 0 Å². The van der Waals surface area contributed by atoms with Gasteiger partial charge in [0.25, 0.3) is 5.91 Å². The Labute approximate surface area is 154 Å². The van der Waals surface area contributed by atoms with Crippen LogP contribution in [0.25, 0.3) is 0 Å². The molecule has 0 saturated heterocycles. The molecule has 0 aromatic heterocycles. The Bertz CT molecular complexity index is 674. The molecule has 26 heavy (non-hydrogen) atoms. The molecule has 2 aromatic rings. The van der Waals surface area contributed by atoms with Crippen LogP contribution in [0, 0.1) is 0 Å². The molecule has 138 valence electrons. The number of carbonyl (C=O) groups is 2. The first-order valence-electron chi connectivity index (χ1n) is 8.99. The minimum atomic E-state index is -0.636. The van der Waals surface area contributed by atoms with Gasteiger partial charge < -0.3 is 15.7 Å². The van der Waals surface area contributed by atoms with Gasteiger partial charge in [-0.05, 0) is 37.0 Å². The number of unbranched alkanes of at least 4 members (excludes halogenated alkanes) is 2. The van der Waals surface area contributed by atoms with E-state index in [2.05, 4.69) is 10.6 Å². The summed E-state index contributed by atoms with van der Waals surface area (Å²) < 4.78 is 0. The molecule has 5 nitrogen and oxygen atoms in total.